The number of fused-ring (bicyclic) bond motifs is 1. The summed E-state index contributed by atoms with van der Waals surface area (Å²) in [4.78, 5) is 22.3. The maximum Gasteiger partial charge on any atom is 0.225 e. The van der Waals surface area contributed by atoms with Crippen LogP contribution in [-0.4, -0.2) is 53.9 Å². The van der Waals surface area contributed by atoms with Crippen LogP contribution in [0.1, 0.15) is 43.2 Å². The Bertz CT molecular complexity index is 825. The van der Waals surface area contributed by atoms with Crippen LogP contribution < -0.4 is 0 Å². The third-order valence-corrected chi connectivity index (χ3v) is 6.48. The highest BCUT2D eigenvalue weighted by molar-refractivity contribution is 5.85. The van der Waals surface area contributed by atoms with Crippen LogP contribution in [0.25, 0.3) is 10.9 Å². The van der Waals surface area contributed by atoms with Crippen LogP contribution in [0.15, 0.2) is 30.5 Å². The van der Waals surface area contributed by atoms with Crippen molar-refractivity contribution in [3.63, 3.8) is 0 Å². The highest BCUT2D eigenvalue weighted by Crippen LogP contribution is 2.35. The van der Waals surface area contributed by atoms with Gasteiger partial charge in [0.2, 0.25) is 5.91 Å². The van der Waals surface area contributed by atoms with Gasteiger partial charge in [-0.05, 0) is 69.4 Å². The van der Waals surface area contributed by atoms with Gasteiger partial charge >= 0.3 is 0 Å². The van der Waals surface area contributed by atoms with E-state index in [4.69, 9.17) is 0 Å². The molecule has 3 heterocycles. The van der Waals surface area contributed by atoms with E-state index >= 15 is 0 Å². The number of rotatable bonds is 2. The predicted octanol–water partition coefficient (Wildman–Crippen LogP) is 3.84. The van der Waals surface area contributed by atoms with Gasteiger partial charge in [0.25, 0.3) is 0 Å². The lowest BCUT2D eigenvalue weighted by Crippen LogP contribution is -2.47. The van der Waals surface area contributed by atoms with Crippen molar-refractivity contribution in [3.8, 4) is 0 Å². The van der Waals surface area contributed by atoms with Crippen molar-refractivity contribution < 1.29 is 4.79 Å². The lowest BCUT2D eigenvalue weighted by Gasteiger charge is -2.40. The van der Waals surface area contributed by atoms with Crippen LogP contribution in [0.2, 0.25) is 0 Å². The van der Waals surface area contributed by atoms with Crippen molar-refractivity contribution in [1.29, 1.82) is 0 Å². The van der Waals surface area contributed by atoms with Gasteiger partial charge in [-0.15, -0.1) is 0 Å². The van der Waals surface area contributed by atoms with Gasteiger partial charge in [0.15, 0.2) is 0 Å². The monoisotopic (exact) mass is 365 g/mol. The SMILES string of the molecule is Cc1ccc(C2C[C@@H](C)CN(C(=O)C3CCN(C)CC3)C2)c2cccnc12. The van der Waals surface area contributed by atoms with Gasteiger partial charge in [-0.25, -0.2) is 0 Å². The molecule has 1 aromatic carbocycles. The summed E-state index contributed by atoms with van der Waals surface area (Å²) in [6.07, 6.45) is 5.02. The van der Waals surface area contributed by atoms with Gasteiger partial charge in [0, 0.05) is 36.5 Å². The lowest BCUT2D eigenvalue weighted by molar-refractivity contribution is -0.139. The quantitative estimate of drug-likeness (QED) is 0.811. The van der Waals surface area contributed by atoms with E-state index in [9.17, 15) is 4.79 Å². The van der Waals surface area contributed by atoms with Crippen molar-refractivity contribution in [2.75, 3.05) is 33.2 Å². The standard InChI is InChI=1S/C23H31N3O/c1-16-13-19(20-7-6-17(2)22-21(20)5-4-10-24-22)15-26(14-16)23(27)18-8-11-25(3)12-9-18/h4-7,10,16,18-19H,8-9,11-15H2,1-3H3/t16-,19?/m1/s1. The van der Waals surface area contributed by atoms with E-state index in [2.05, 4.69) is 53.9 Å². The fraction of sp³-hybridized carbons (Fsp3) is 0.565. The molecule has 2 atom stereocenters. The topological polar surface area (TPSA) is 36.4 Å². The molecule has 2 aromatic rings. The van der Waals surface area contributed by atoms with Gasteiger partial charge in [-0.1, -0.05) is 25.1 Å². The molecular weight excluding hydrogens is 334 g/mol. The van der Waals surface area contributed by atoms with Crippen LogP contribution in [0, 0.1) is 18.8 Å². The maximum atomic E-state index is 13.2. The highest BCUT2D eigenvalue weighted by Gasteiger charge is 2.34. The van der Waals surface area contributed by atoms with E-state index < -0.39 is 0 Å². The van der Waals surface area contributed by atoms with Crippen molar-refractivity contribution >= 4 is 16.8 Å². The second-order valence-electron chi connectivity index (χ2n) is 8.73. The van der Waals surface area contributed by atoms with Crippen molar-refractivity contribution in [1.82, 2.24) is 14.8 Å². The van der Waals surface area contributed by atoms with E-state index in [0.717, 1.165) is 51.0 Å². The number of hydrogen-bond acceptors (Lipinski definition) is 3. The van der Waals surface area contributed by atoms with Crippen LogP contribution in [0.3, 0.4) is 0 Å². The molecule has 1 unspecified atom stereocenters. The number of aryl methyl sites for hydroxylation is 1. The Balaban J connectivity index is 1.58. The first-order valence-electron chi connectivity index (χ1n) is 10.3. The Morgan fingerprint density at radius 2 is 1.93 bits per heavy atom. The Morgan fingerprint density at radius 1 is 1.15 bits per heavy atom. The molecule has 0 N–H and O–H groups in total. The molecule has 2 aliphatic heterocycles. The second-order valence-corrected chi connectivity index (χ2v) is 8.73. The maximum absolute atomic E-state index is 13.2. The van der Waals surface area contributed by atoms with E-state index in [1.807, 2.05) is 12.3 Å². The number of likely N-dealkylation sites (tertiary alicyclic amines) is 2. The minimum Gasteiger partial charge on any atom is -0.342 e. The molecule has 0 spiro atoms. The summed E-state index contributed by atoms with van der Waals surface area (Å²) < 4.78 is 0. The lowest BCUT2D eigenvalue weighted by atomic mass is 9.82. The summed E-state index contributed by atoms with van der Waals surface area (Å²) in [7, 11) is 2.15. The molecule has 2 saturated heterocycles. The van der Waals surface area contributed by atoms with Gasteiger partial charge < -0.3 is 9.80 Å². The zero-order valence-corrected chi connectivity index (χ0v) is 16.8. The molecule has 0 aliphatic carbocycles. The number of carbonyl (C=O) groups excluding carboxylic acids is 1. The molecule has 4 heteroatoms. The number of aromatic nitrogens is 1. The number of carbonyl (C=O) groups is 1. The third kappa shape index (κ3) is 3.73. The zero-order valence-electron chi connectivity index (χ0n) is 16.8. The molecule has 0 radical (unpaired) electrons. The normalized spacial score (nSPS) is 25.1. The first-order valence-corrected chi connectivity index (χ1v) is 10.3. The number of amides is 1. The van der Waals surface area contributed by atoms with Crippen LogP contribution in [0.5, 0.6) is 0 Å². The summed E-state index contributed by atoms with van der Waals surface area (Å²) in [5, 5.41) is 1.25. The Morgan fingerprint density at radius 3 is 2.70 bits per heavy atom. The molecule has 4 rings (SSSR count). The molecule has 4 nitrogen and oxygen atoms in total. The van der Waals surface area contributed by atoms with Gasteiger partial charge in [-0.3, -0.25) is 9.78 Å². The van der Waals surface area contributed by atoms with Crippen molar-refractivity contribution in [2.45, 2.75) is 39.0 Å². The molecule has 0 saturated carbocycles. The number of pyridine rings is 1. The number of benzene rings is 1. The fourth-order valence-corrected chi connectivity index (χ4v) is 4.96. The average molecular weight is 366 g/mol. The minimum absolute atomic E-state index is 0.212. The van der Waals surface area contributed by atoms with Crippen molar-refractivity contribution in [2.24, 2.45) is 11.8 Å². The molecule has 1 amide bonds. The number of piperidine rings is 2. The Hall–Kier alpha value is -1.94. The van der Waals surface area contributed by atoms with Gasteiger partial charge in [-0.2, -0.15) is 0 Å². The van der Waals surface area contributed by atoms with E-state index in [1.165, 1.54) is 16.5 Å². The smallest absolute Gasteiger partial charge is 0.225 e. The molecular formula is C23H31N3O. The summed E-state index contributed by atoms with van der Waals surface area (Å²) in [5.41, 5.74) is 3.68. The van der Waals surface area contributed by atoms with Crippen LogP contribution in [0.4, 0.5) is 0 Å². The summed E-state index contributed by atoms with van der Waals surface area (Å²) in [6, 6.07) is 8.67. The minimum atomic E-state index is 0.212. The Labute approximate surface area is 162 Å². The van der Waals surface area contributed by atoms with Crippen molar-refractivity contribution in [3.05, 3.63) is 41.6 Å². The predicted molar refractivity (Wildman–Crippen MR) is 110 cm³/mol. The molecule has 27 heavy (non-hydrogen) atoms. The molecule has 2 aliphatic rings. The molecule has 2 fully saturated rings. The van der Waals surface area contributed by atoms with Gasteiger partial charge in [0.1, 0.15) is 0 Å². The average Bonchev–Trinajstić information content (AvgIpc) is 2.68. The summed E-state index contributed by atoms with van der Waals surface area (Å²) in [5.74, 6) is 1.53. The molecule has 1 aromatic heterocycles. The van der Waals surface area contributed by atoms with E-state index in [-0.39, 0.29) is 5.92 Å². The van der Waals surface area contributed by atoms with Gasteiger partial charge in [0.05, 0.1) is 5.52 Å². The van der Waals surface area contributed by atoms with Crippen LogP contribution in [-0.2, 0) is 4.79 Å². The summed E-state index contributed by atoms with van der Waals surface area (Å²) in [6.45, 7) is 8.25. The summed E-state index contributed by atoms with van der Waals surface area (Å²) >= 11 is 0. The Kier molecular flexibility index (Phi) is 5.18. The first kappa shape index (κ1) is 18.4. The zero-order chi connectivity index (χ0) is 19.0. The molecule has 0 bridgehead atoms. The highest BCUT2D eigenvalue weighted by atomic mass is 16.2. The number of nitrogens with zero attached hydrogens (tertiary/aromatic N) is 3. The first-order chi connectivity index (χ1) is 13.0. The van der Waals surface area contributed by atoms with E-state index in [0.29, 0.717) is 17.7 Å². The number of hydrogen-bond donors (Lipinski definition) is 0. The van der Waals surface area contributed by atoms with E-state index in [1.54, 1.807) is 0 Å². The van der Waals surface area contributed by atoms with Crippen LogP contribution >= 0.6 is 0 Å². The fourth-order valence-electron chi connectivity index (χ4n) is 4.96. The second kappa shape index (κ2) is 7.59. The largest absolute Gasteiger partial charge is 0.342 e. The molecule has 144 valence electrons. The third-order valence-electron chi connectivity index (χ3n) is 6.48.